The van der Waals surface area contributed by atoms with Crippen molar-refractivity contribution in [2.24, 2.45) is 0 Å². The van der Waals surface area contributed by atoms with Gasteiger partial charge in [0.25, 0.3) is 0 Å². The molecule has 0 fully saturated rings. The summed E-state index contributed by atoms with van der Waals surface area (Å²) in [5, 5.41) is 28.6. The monoisotopic (exact) mass is 207 g/mol. The van der Waals surface area contributed by atoms with Crippen LogP contribution >= 0.6 is 0 Å². The fraction of sp³-hybridized carbons (Fsp3) is 0.273. The van der Waals surface area contributed by atoms with Crippen LogP contribution in [0.2, 0.25) is 0 Å². The zero-order valence-electron chi connectivity index (χ0n) is 8.17. The summed E-state index contributed by atoms with van der Waals surface area (Å²) in [5.74, 6) is 0.101. The summed E-state index contributed by atoms with van der Waals surface area (Å²) in [5.41, 5.74) is 0.850. The summed E-state index contributed by atoms with van der Waals surface area (Å²) < 4.78 is 1.58. The molecular weight excluding hydrogens is 194 g/mol. The highest BCUT2D eigenvalue weighted by Gasteiger charge is 2.10. The molecular formula is C11H13NO3. The second-order valence-corrected chi connectivity index (χ2v) is 3.51. The molecule has 2 rings (SSSR count). The first-order valence-corrected chi connectivity index (χ1v) is 4.78. The molecule has 0 aliphatic heterocycles. The van der Waals surface area contributed by atoms with Crippen molar-refractivity contribution in [2.75, 3.05) is 6.61 Å². The van der Waals surface area contributed by atoms with Crippen molar-refractivity contribution in [1.29, 1.82) is 0 Å². The van der Waals surface area contributed by atoms with Crippen molar-refractivity contribution < 1.29 is 15.3 Å². The lowest BCUT2D eigenvalue weighted by molar-refractivity contribution is 0.0804. The second kappa shape index (κ2) is 3.92. The summed E-state index contributed by atoms with van der Waals surface area (Å²) >= 11 is 0. The predicted octanol–water partition coefficient (Wildman–Crippen LogP) is 0.700. The van der Waals surface area contributed by atoms with E-state index in [-0.39, 0.29) is 19.0 Å². The largest absolute Gasteiger partial charge is 0.494 e. The Hall–Kier alpha value is -1.52. The van der Waals surface area contributed by atoms with Gasteiger partial charge in [-0.2, -0.15) is 0 Å². The maximum Gasteiger partial charge on any atom is 0.192 e. The van der Waals surface area contributed by atoms with E-state index in [0.717, 1.165) is 10.9 Å². The Morgan fingerprint density at radius 3 is 2.73 bits per heavy atom. The zero-order chi connectivity index (χ0) is 10.8. The van der Waals surface area contributed by atoms with E-state index in [1.165, 1.54) is 0 Å². The molecule has 0 saturated heterocycles. The van der Waals surface area contributed by atoms with Crippen molar-refractivity contribution in [3.63, 3.8) is 0 Å². The van der Waals surface area contributed by atoms with Crippen LogP contribution in [0.25, 0.3) is 10.9 Å². The molecule has 1 aromatic carbocycles. The van der Waals surface area contributed by atoms with Crippen molar-refractivity contribution >= 4 is 10.9 Å². The third kappa shape index (κ3) is 1.82. The Labute approximate surface area is 87.0 Å². The number of benzene rings is 1. The minimum atomic E-state index is -0.855. The third-order valence-electron chi connectivity index (χ3n) is 2.39. The van der Waals surface area contributed by atoms with Crippen LogP contribution in [0.15, 0.2) is 30.3 Å². The number of aromatic nitrogens is 1. The predicted molar refractivity (Wildman–Crippen MR) is 56.7 cm³/mol. The highest BCUT2D eigenvalue weighted by molar-refractivity contribution is 5.82. The molecule has 80 valence electrons. The van der Waals surface area contributed by atoms with Gasteiger partial charge in [-0.25, -0.2) is 0 Å². The molecule has 0 amide bonds. The lowest BCUT2D eigenvalue weighted by Crippen LogP contribution is -2.19. The molecule has 0 saturated carbocycles. The molecule has 1 atom stereocenters. The number of hydrogen-bond acceptors (Lipinski definition) is 3. The molecule has 0 aliphatic carbocycles. The van der Waals surface area contributed by atoms with Crippen LogP contribution < -0.4 is 0 Å². The highest BCUT2D eigenvalue weighted by Crippen LogP contribution is 2.24. The summed E-state index contributed by atoms with van der Waals surface area (Å²) in [7, 11) is 0. The van der Waals surface area contributed by atoms with E-state index in [9.17, 15) is 10.2 Å². The topological polar surface area (TPSA) is 65.6 Å². The Morgan fingerprint density at radius 1 is 1.27 bits per heavy atom. The van der Waals surface area contributed by atoms with Crippen LogP contribution in [0.1, 0.15) is 0 Å². The van der Waals surface area contributed by atoms with E-state index in [1.54, 1.807) is 10.6 Å². The Bertz CT molecular complexity index is 464. The average Bonchev–Trinajstić information content (AvgIpc) is 2.55. The van der Waals surface area contributed by atoms with E-state index in [4.69, 9.17) is 5.11 Å². The van der Waals surface area contributed by atoms with Crippen LogP contribution in [0.4, 0.5) is 0 Å². The maximum atomic E-state index is 9.65. The number of aliphatic hydroxyl groups excluding tert-OH is 2. The van der Waals surface area contributed by atoms with Gasteiger partial charge in [-0.3, -0.25) is 0 Å². The lowest BCUT2D eigenvalue weighted by atomic mass is 10.2. The SMILES string of the molecule is OCC(O)Cn1c(O)cc2ccccc21. The molecule has 2 aromatic rings. The lowest BCUT2D eigenvalue weighted by Gasteiger charge is -2.10. The molecule has 0 radical (unpaired) electrons. The summed E-state index contributed by atoms with van der Waals surface area (Å²) in [4.78, 5) is 0. The molecule has 0 bridgehead atoms. The standard InChI is InChI=1S/C11H13NO3/c13-7-9(14)6-12-10-4-2-1-3-8(10)5-11(12)15/h1-5,9,13-15H,6-7H2. The first kappa shape index (κ1) is 10.0. The molecule has 0 spiro atoms. The van der Waals surface area contributed by atoms with Gasteiger partial charge < -0.3 is 19.9 Å². The van der Waals surface area contributed by atoms with E-state index < -0.39 is 6.10 Å². The van der Waals surface area contributed by atoms with Gasteiger partial charge in [0, 0.05) is 11.5 Å². The number of nitrogens with zero attached hydrogens (tertiary/aromatic N) is 1. The minimum Gasteiger partial charge on any atom is -0.494 e. The molecule has 4 heteroatoms. The van der Waals surface area contributed by atoms with Gasteiger partial charge in [-0.15, -0.1) is 0 Å². The van der Waals surface area contributed by atoms with E-state index in [1.807, 2.05) is 24.3 Å². The second-order valence-electron chi connectivity index (χ2n) is 3.51. The fourth-order valence-electron chi connectivity index (χ4n) is 1.66. The van der Waals surface area contributed by atoms with Crippen LogP contribution in [0, 0.1) is 0 Å². The minimum absolute atomic E-state index is 0.101. The molecule has 1 aromatic heterocycles. The molecule has 0 aliphatic rings. The summed E-state index contributed by atoms with van der Waals surface area (Å²) in [6.45, 7) is -0.123. The smallest absolute Gasteiger partial charge is 0.192 e. The molecule has 1 unspecified atom stereocenters. The number of aliphatic hydroxyl groups is 2. The van der Waals surface area contributed by atoms with Crippen molar-refractivity contribution in [3.8, 4) is 5.88 Å². The van der Waals surface area contributed by atoms with Gasteiger partial charge in [0.15, 0.2) is 5.88 Å². The first-order chi connectivity index (χ1) is 7.22. The van der Waals surface area contributed by atoms with Crippen molar-refractivity contribution in [1.82, 2.24) is 4.57 Å². The summed E-state index contributed by atoms with van der Waals surface area (Å²) in [6.07, 6.45) is -0.855. The van der Waals surface area contributed by atoms with Gasteiger partial charge >= 0.3 is 0 Å². The number of para-hydroxylation sites is 1. The fourth-order valence-corrected chi connectivity index (χ4v) is 1.66. The Balaban J connectivity index is 2.45. The van der Waals surface area contributed by atoms with Gasteiger partial charge in [0.05, 0.1) is 24.8 Å². The van der Waals surface area contributed by atoms with Gasteiger partial charge in [0.2, 0.25) is 0 Å². The summed E-state index contributed by atoms with van der Waals surface area (Å²) in [6, 6.07) is 9.13. The van der Waals surface area contributed by atoms with E-state index in [2.05, 4.69) is 0 Å². The number of hydrogen-bond donors (Lipinski definition) is 3. The Morgan fingerprint density at radius 2 is 2.00 bits per heavy atom. The molecule has 1 heterocycles. The van der Waals surface area contributed by atoms with Crippen molar-refractivity contribution in [2.45, 2.75) is 12.6 Å². The van der Waals surface area contributed by atoms with E-state index in [0.29, 0.717) is 0 Å². The molecule has 4 nitrogen and oxygen atoms in total. The number of fused-ring (bicyclic) bond motifs is 1. The van der Waals surface area contributed by atoms with Crippen LogP contribution in [0.5, 0.6) is 5.88 Å². The van der Waals surface area contributed by atoms with Gasteiger partial charge in [-0.1, -0.05) is 18.2 Å². The maximum absolute atomic E-state index is 9.65. The van der Waals surface area contributed by atoms with Crippen molar-refractivity contribution in [3.05, 3.63) is 30.3 Å². The van der Waals surface area contributed by atoms with Crippen LogP contribution in [-0.4, -0.2) is 32.6 Å². The Kier molecular flexibility index (Phi) is 2.62. The van der Waals surface area contributed by atoms with Gasteiger partial charge in [-0.05, 0) is 6.07 Å². The molecule has 15 heavy (non-hydrogen) atoms. The number of rotatable bonds is 3. The number of aromatic hydroxyl groups is 1. The van der Waals surface area contributed by atoms with E-state index >= 15 is 0 Å². The third-order valence-corrected chi connectivity index (χ3v) is 2.39. The zero-order valence-corrected chi connectivity index (χ0v) is 8.17. The first-order valence-electron chi connectivity index (χ1n) is 4.78. The quantitative estimate of drug-likeness (QED) is 0.694. The average molecular weight is 207 g/mol. The molecule has 3 N–H and O–H groups in total. The normalized spacial score (nSPS) is 13.2. The van der Waals surface area contributed by atoms with Crippen LogP contribution in [-0.2, 0) is 6.54 Å². The van der Waals surface area contributed by atoms with Crippen LogP contribution in [0.3, 0.4) is 0 Å². The highest BCUT2D eigenvalue weighted by atomic mass is 16.3. The van der Waals surface area contributed by atoms with Gasteiger partial charge in [0.1, 0.15) is 0 Å².